The number of anilines is 1. The van der Waals surface area contributed by atoms with Gasteiger partial charge < -0.3 is 10.1 Å². The molecule has 106 valence electrons. The summed E-state index contributed by atoms with van der Waals surface area (Å²) in [6, 6.07) is 4.39. The van der Waals surface area contributed by atoms with Crippen LogP contribution in [0.25, 0.3) is 0 Å². The average Bonchev–Trinajstić information content (AvgIpc) is 2.73. The molecule has 0 unspecified atom stereocenters. The van der Waals surface area contributed by atoms with Crippen LogP contribution in [0.15, 0.2) is 29.3 Å². The largest absolute Gasteiger partial charge is 0.451 e. The fourth-order valence-corrected chi connectivity index (χ4v) is 1.65. The Morgan fingerprint density at radius 3 is 2.60 bits per heavy atom. The second-order valence-electron chi connectivity index (χ2n) is 4.63. The summed E-state index contributed by atoms with van der Waals surface area (Å²) >= 11 is 0. The molecule has 0 spiro atoms. The predicted molar refractivity (Wildman–Crippen MR) is 70.7 cm³/mol. The molecule has 0 aliphatic carbocycles. The Hall–Kier alpha value is -2.44. The Morgan fingerprint density at radius 1 is 1.40 bits per heavy atom. The summed E-state index contributed by atoms with van der Waals surface area (Å²) < 4.78 is 17.9. The van der Waals surface area contributed by atoms with Gasteiger partial charge in [0.2, 0.25) is 0 Å². The Balaban J connectivity index is 1.99. The van der Waals surface area contributed by atoms with E-state index in [9.17, 15) is 14.0 Å². The quantitative estimate of drug-likeness (QED) is 0.867. The first-order chi connectivity index (χ1) is 9.45. The number of amidine groups is 1. The van der Waals surface area contributed by atoms with Gasteiger partial charge in [0.15, 0.2) is 6.10 Å². The van der Waals surface area contributed by atoms with Crippen LogP contribution in [0.5, 0.6) is 0 Å². The smallest absolute Gasteiger partial charge is 0.349 e. The fraction of sp³-hybridized carbons (Fsp3) is 0.308. The Kier molecular flexibility index (Phi) is 3.97. The van der Waals surface area contributed by atoms with Crippen molar-refractivity contribution in [2.75, 3.05) is 5.32 Å². The van der Waals surface area contributed by atoms with Crippen LogP contribution in [0.4, 0.5) is 14.9 Å². The Labute approximate surface area is 115 Å². The lowest BCUT2D eigenvalue weighted by molar-refractivity contribution is -0.124. The minimum Gasteiger partial charge on any atom is -0.451 e. The van der Waals surface area contributed by atoms with Crippen molar-refractivity contribution in [1.82, 2.24) is 5.32 Å². The maximum Gasteiger partial charge on any atom is 0.349 e. The van der Waals surface area contributed by atoms with Gasteiger partial charge in [-0.25, -0.2) is 9.18 Å². The van der Waals surface area contributed by atoms with Gasteiger partial charge in [0.1, 0.15) is 5.82 Å². The number of carbonyl (C=O) groups is 2. The second-order valence-corrected chi connectivity index (χ2v) is 4.63. The standard InChI is InChI=1S/C13H14FN3O3/c1-7(2)10-11(18)16-13(20-10)17-12(19)15-9-5-3-8(14)4-6-9/h3-7,10H,1-2H3,(H2,15,16,17,18,19)/t10-/m0/s1. The molecular weight excluding hydrogens is 265 g/mol. The highest BCUT2D eigenvalue weighted by Gasteiger charge is 2.33. The van der Waals surface area contributed by atoms with Crippen molar-refractivity contribution < 1.29 is 18.7 Å². The average molecular weight is 279 g/mol. The number of hydrogen-bond acceptors (Lipinski definition) is 3. The number of rotatable bonds is 2. The number of halogens is 1. The first kappa shape index (κ1) is 14.0. The van der Waals surface area contributed by atoms with Gasteiger partial charge in [0, 0.05) is 5.69 Å². The van der Waals surface area contributed by atoms with Crippen molar-refractivity contribution in [2.24, 2.45) is 10.9 Å². The lowest BCUT2D eigenvalue weighted by Crippen LogP contribution is -2.28. The first-order valence-corrected chi connectivity index (χ1v) is 6.08. The highest BCUT2D eigenvalue weighted by atomic mass is 19.1. The molecule has 0 saturated carbocycles. The van der Waals surface area contributed by atoms with Gasteiger partial charge in [-0.2, -0.15) is 0 Å². The summed E-state index contributed by atoms with van der Waals surface area (Å²) in [4.78, 5) is 26.7. The van der Waals surface area contributed by atoms with E-state index in [-0.39, 0.29) is 17.8 Å². The van der Waals surface area contributed by atoms with Crippen LogP contribution in [0.2, 0.25) is 0 Å². The molecule has 1 aliphatic heterocycles. The SMILES string of the molecule is CC(C)[C@@H]1OC(=NC(=O)Nc2ccc(F)cc2)NC1=O. The zero-order chi connectivity index (χ0) is 14.7. The number of amides is 3. The molecule has 2 rings (SSSR count). The number of nitrogens with zero attached hydrogens (tertiary/aromatic N) is 1. The summed E-state index contributed by atoms with van der Waals surface area (Å²) in [5.74, 6) is -0.753. The van der Waals surface area contributed by atoms with Crippen LogP contribution < -0.4 is 10.6 Å². The maximum absolute atomic E-state index is 12.7. The van der Waals surface area contributed by atoms with Gasteiger partial charge in [-0.15, -0.1) is 4.99 Å². The lowest BCUT2D eigenvalue weighted by Gasteiger charge is -2.09. The van der Waals surface area contributed by atoms with Crippen LogP contribution in [0.3, 0.4) is 0 Å². The molecule has 1 saturated heterocycles. The van der Waals surface area contributed by atoms with E-state index >= 15 is 0 Å². The van der Waals surface area contributed by atoms with Crippen molar-refractivity contribution in [3.05, 3.63) is 30.1 Å². The molecule has 1 heterocycles. The summed E-state index contributed by atoms with van der Waals surface area (Å²) in [6.45, 7) is 3.65. The molecule has 1 aromatic rings. The van der Waals surface area contributed by atoms with Crippen molar-refractivity contribution in [1.29, 1.82) is 0 Å². The minimum atomic E-state index is -0.712. The minimum absolute atomic E-state index is 0.0251. The maximum atomic E-state index is 12.7. The number of hydrogen-bond donors (Lipinski definition) is 2. The van der Waals surface area contributed by atoms with Crippen molar-refractivity contribution in [2.45, 2.75) is 20.0 Å². The monoisotopic (exact) mass is 279 g/mol. The van der Waals surface area contributed by atoms with Gasteiger partial charge >= 0.3 is 12.1 Å². The molecule has 2 N–H and O–H groups in total. The number of nitrogens with one attached hydrogen (secondary N) is 2. The molecular formula is C13H14FN3O3. The van der Waals surface area contributed by atoms with Gasteiger partial charge in [-0.3, -0.25) is 10.1 Å². The highest BCUT2D eigenvalue weighted by molar-refractivity contribution is 6.07. The molecule has 20 heavy (non-hydrogen) atoms. The van der Waals surface area contributed by atoms with Gasteiger partial charge in [-0.1, -0.05) is 13.8 Å². The van der Waals surface area contributed by atoms with Crippen LogP contribution in [0.1, 0.15) is 13.8 Å². The van der Waals surface area contributed by atoms with E-state index in [0.717, 1.165) is 0 Å². The van der Waals surface area contributed by atoms with E-state index < -0.39 is 18.0 Å². The van der Waals surface area contributed by atoms with E-state index in [1.165, 1.54) is 24.3 Å². The van der Waals surface area contributed by atoms with Crippen LogP contribution in [-0.2, 0) is 9.53 Å². The Morgan fingerprint density at radius 2 is 2.05 bits per heavy atom. The van der Waals surface area contributed by atoms with Gasteiger partial charge in [-0.05, 0) is 30.2 Å². The third-order valence-corrected chi connectivity index (χ3v) is 2.63. The number of ether oxygens (including phenoxy) is 1. The molecule has 1 fully saturated rings. The molecule has 1 aromatic carbocycles. The molecule has 0 aromatic heterocycles. The van der Waals surface area contributed by atoms with E-state index in [1.807, 2.05) is 13.8 Å². The second kappa shape index (κ2) is 5.68. The molecule has 0 bridgehead atoms. The molecule has 1 aliphatic rings. The van der Waals surface area contributed by atoms with Crippen LogP contribution in [-0.4, -0.2) is 24.1 Å². The van der Waals surface area contributed by atoms with Crippen LogP contribution >= 0.6 is 0 Å². The number of benzene rings is 1. The fourth-order valence-electron chi connectivity index (χ4n) is 1.65. The Bertz CT molecular complexity index is 554. The molecule has 6 nitrogen and oxygen atoms in total. The number of carbonyl (C=O) groups excluding carboxylic acids is 2. The van der Waals surface area contributed by atoms with E-state index in [4.69, 9.17) is 4.74 Å². The topological polar surface area (TPSA) is 79.8 Å². The molecule has 0 radical (unpaired) electrons. The number of aliphatic imine (C=N–C) groups is 1. The van der Waals surface area contributed by atoms with Gasteiger partial charge in [0.05, 0.1) is 0 Å². The lowest BCUT2D eigenvalue weighted by atomic mass is 10.1. The van der Waals surface area contributed by atoms with E-state index in [2.05, 4.69) is 15.6 Å². The highest BCUT2D eigenvalue weighted by Crippen LogP contribution is 2.13. The van der Waals surface area contributed by atoms with Crippen molar-refractivity contribution in [3.63, 3.8) is 0 Å². The molecule has 3 amide bonds. The summed E-state index contributed by atoms with van der Waals surface area (Å²) in [6.07, 6.45) is -0.646. The van der Waals surface area contributed by atoms with Crippen molar-refractivity contribution in [3.8, 4) is 0 Å². The zero-order valence-electron chi connectivity index (χ0n) is 11.0. The summed E-state index contributed by atoms with van der Waals surface area (Å²) in [7, 11) is 0. The molecule has 1 atom stereocenters. The summed E-state index contributed by atoms with van der Waals surface area (Å²) in [5, 5.41) is 4.81. The van der Waals surface area contributed by atoms with E-state index in [0.29, 0.717) is 5.69 Å². The van der Waals surface area contributed by atoms with Crippen molar-refractivity contribution >= 4 is 23.6 Å². The van der Waals surface area contributed by atoms with Crippen LogP contribution in [0, 0.1) is 11.7 Å². The predicted octanol–water partition coefficient (Wildman–Crippen LogP) is 1.88. The first-order valence-electron chi connectivity index (χ1n) is 6.08. The molecule has 7 heteroatoms. The zero-order valence-corrected chi connectivity index (χ0v) is 11.0. The number of urea groups is 1. The summed E-state index contributed by atoms with van der Waals surface area (Å²) in [5.41, 5.74) is 0.394. The normalized spacial score (nSPS) is 19.9. The van der Waals surface area contributed by atoms with Gasteiger partial charge in [0.25, 0.3) is 5.91 Å². The third kappa shape index (κ3) is 3.31. The van der Waals surface area contributed by atoms with E-state index in [1.54, 1.807) is 0 Å². The third-order valence-electron chi connectivity index (χ3n) is 2.63.